The van der Waals surface area contributed by atoms with Crippen LogP contribution in [-0.4, -0.2) is 17.4 Å². The Hall–Kier alpha value is -2.04. The number of unbranched alkanes of at least 4 members (excludes halogenated alkanes) is 1. The van der Waals surface area contributed by atoms with Crippen molar-refractivity contribution >= 4 is 23.2 Å². The topological polar surface area (TPSA) is 67.4 Å². The number of ether oxygens (including phenoxy) is 1. The van der Waals surface area contributed by atoms with Crippen molar-refractivity contribution in [2.24, 2.45) is 0 Å². The summed E-state index contributed by atoms with van der Waals surface area (Å²) >= 11 is 0. The summed E-state index contributed by atoms with van der Waals surface area (Å²) in [5.74, 6) is 0.399. The Balaban J connectivity index is 2.11. The highest BCUT2D eigenvalue weighted by atomic mass is 16.5. The maximum atomic E-state index is 11.8. The van der Waals surface area contributed by atoms with Crippen LogP contribution in [0, 0.1) is 0 Å². The summed E-state index contributed by atoms with van der Waals surface area (Å²) in [6.45, 7) is 5.47. The van der Waals surface area contributed by atoms with E-state index in [0.29, 0.717) is 23.5 Å². The lowest BCUT2D eigenvalue weighted by atomic mass is 10.1. The van der Waals surface area contributed by atoms with E-state index >= 15 is 0 Å². The average Bonchev–Trinajstić information content (AvgIpc) is 2.38. The largest absolute Gasteiger partial charge is 0.476 e. The molecule has 2 N–H and O–H groups in total. The Morgan fingerprint density at radius 1 is 1.40 bits per heavy atom. The SMILES string of the molecule is CCCCC(=O)Nc1ccc2c(c1)NC(=O)C(C)(C)O2. The Labute approximate surface area is 118 Å². The number of benzene rings is 1. The van der Waals surface area contributed by atoms with E-state index in [-0.39, 0.29) is 11.8 Å². The normalized spacial score (nSPS) is 15.8. The first-order valence-electron chi connectivity index (χ1n) is 6.87. The van der Waals surface area contributed by atoms with Crippen molar-refractivity contribution in [3.05, 3.63) is 18.2 Å². The fraction of sp³-hybridized carbons (Fsp3) is 0.467. The second-order valence-electron chi connectivity index (χ2n) is 5.43. The number of rotatable bonds is 4. The van der Waals surface area contributed by atoms with Gasteiger partial charge in [-0.25, -0.2) is 0 Å². The number of hydrogen-bond acceptors (Lipinski definition) is 3. The van der Waals surface area contributed by atoms with Crippen molar-refractivity contribution in [3.63, 3.8) is 0 Å². The Morgan fingerprint density at radius 2 is 2.15 bits per heavy atom. The highest BCUT2D eigenvalue weighted by molar-refractivity contribution is 6.01. The van der Waals surface area contributed by atoms with Gasteiger partial charge < -0.3 is 15.4 Å². The van der Waals surface area contributed by atoms with Crippen molar-refractivity contribution in [2.45, 2.75) is 45.6 Å². The van der Waals surface area contributed by atoms with Crippen LogP contribution in [0.25, 0.3) is 0 Å². The van der Waals surface area contributed by atoms with Crippen LogP contribution in [0.1, 0.15) is 40.0 Å². The van der Waals surface area contributed by atoms with Gasteiger partial charge in [0.15, 0.2) is 5.60 Å². The second kappa shape index (κ2) is 5.53. The molecule has 0 fully saturated rings. The van der Waals surface area contributed by atoms with Gasteiger partial charge in [-0.1, -0.05) is 13.3 Å². The molecule has 0 aliphatic carbocycles. The molecule has 1 aromatic rings. The monoisotopic (exact) mass is 276 g/mol. The molecule has 0 saturated heterocycles. The van der Waals surface area contributed by atoms with Gasteiger partial charge in [0.1, 0.15) is 5.75 Å². The highest BCUT2D eigenvalue weighted by Crippen LogP contribution is 2.35. The molecule has 1 aromatic carbocycles. The molecular formula is C15H20N2O3. The Kier molecular flexibility index (Phi) is 3.97. The quantitative estimate of drug-likeness (QED) is 0.888. The molecule has 0 unspecified atom stereocenters. The molecule has 0 spiro atoms. The molecule has 1 heterocycles. The number of fused-ring (bicyclic) bond motifs is 1. The molecule has 0 bridgehead atoms. The van der Waals surface area contributed by atoms with Crippen molar-refractivity contribution < 1.29 is 14.3 Å². The van der Waals surface area contributed by atoms with Gasteiger partial charge in [-0.3, -0.25) is 9.59 Å². The standard InChI is InChI=1S/C15H20N2O3/c1-4-5-6-13(18)16-10-7-8-12-11(9-10)17-14(19)15(2,3)20-12/h7-9H,4-6H2,1-3H3,(H,16,18)(H,17,19). The highest BCUT2D eigenvalue weighted by Gasteiger charge is 2.35. The minimum atomic E-state index is -0.876. The van der Waals surface area contributed by atoms with Crippen LogP contribution in [-0.2, 0) is 9.59 Å². The maximum absolute atomic E-state index is 11.8. The molecule has 2 amide bonds. The molecular weight excluding hydrogens is 256 g/mol. The van der Waals surface area contributed by atoms with Gasteiger partial charge in [-0.15, -0.1) is 0 Å². The molecule has 5 heteroatoms. The third-order valence-electron chi connectivity index (χ3n) is 3.18. The zero-order chi connectivity index (χ0) is 14.8. The van der Waals surface area contributed by atoms with Crippen LogP contribution < -0.4 is 15.4 Å². The third kappa shape index (κ3) is 3.10. The summed E-state index contributed by atoms with van der Waals surface area (Å²) < 4.78 is 5.63. The van der Waals surface area contributed by atoms with E-state index in [2.05, 4.69) is 10.6 Å². The minimum Gasteiger partial charge on any atom is -0.476 e. The Bertz CT molecular complexity index is 538. The number of anilines is 2. The van der Waals surface area contributed by atoms with Gasteiger partial charge in [0.25, 0.3) is 5.91 Å². The van der Waals surface area contributed by atoms with Crippen molar-refractivity contribution in [2.75, 3.05) is 10.6 Å². The first kappa shape index (κ1) is 14.4. The van der Waals surface area contributed by atoms with Crippen LogP contribution in [0.3, 0.4) is 0 Å². The zero-order valence-electron chi connectivity index (χ0n) is 12.1. The molecule has 1 aliphatic rings. The van der Waals surface area contributed by atoms with Crippen molar-refractivity contribution in [1.82, 2.24) is 0 Å². The van der Waals surface area contributed by atoms with Crippen LogP contribution in [0.4, 0.5) is 11.4 Å². The van der Waals surface area contributed by atoms with Crippen molar-refractivity contribution in [1.29, 1.82) is 0 Å². The van der Waals surface area contributed by atoms with E-state index in [4.69, 9.17) is 4.74 Å². The Morgan fingerprint density at radius 3 is 2.85 bits per heavy atom. The first-order valence-corrected chi connectivity index (χ1v) is 6.87. The average molecular weight is 276 g/mol. The summed E-state index contributed by atoms with van der Waals surface area (Å²) in [4.78, 5) is 23.5. The smallest absolute Gasteiger partial charge is 0.268 e. The minimum absolute atomic E-state index is 0.0183. The fourth-order valence-corrected chi connectivity index (χ4v) is 1.95. The molecule has 0 saturated carbocycles. The number of amides is 2. The maximum Gasteiger partial charge on any atom is 0.268 e. The van der Waals surface area contributed by atoms with Gasteiger partial charge in [0.2, 0.25) is 5.91 Å². The van der Waals surface area contributed by atoms with Gasteiger partial charge in [0.05, 0.1) is 5.69 Å². The van der Waals surface area contributed by atoms with Crippen LogP contribution in [0.5, 0.6) is 5.75 Å². The molecule has 20 heavy (non-hydrogen) atoms. The van der Waals surface area contributed by atoms with Gasteiger partial charge >= 0.3 is 0 Å². The van der Waals surface area contributed by atoms with E-state index in [1.807, 2.05) is 6.92 Å². The summed E-state index contributed by atoms with van der Waals surface area (Å²) in [5.41, 5.74) is 0.370. The molecule has 0 aromatic heterocycles. The lowest BCUT2D eigenvalue weighted by Crippen LogP contribution is -2.45. The molecule has 108 valence electrons. The summed E-state index contributed by atoms with van der Waals surface area (Å²) in [6.07, 6.45) is 2.35. The van der Waals surface area contributed by atoms with E-state index in [9.17, 15) is 9.59 Å². The van der Waals surface area contributed by atoms with Crippen molar-refractivity contribution in [3.8, 4) is 5.75 Å². The zero-order valence-corrected chi connectivity index (χ0v) is 12.1. The summed E-state index contributed by atoms with van der Waals surface area (Å²) in [5, 5.41) is 5.61. The number of hydrogen-bond donors (Lipinski definition) is 2. The molecule has 0 radical (unpaired) electrons. The van der Waals surface area contributed by atoms with Gasteiger partial charge in [-0.05, 0) is 38.5 Å². The summed E-state index contributed by atoms with van der Waals surface area (Å²) in [7, 11) is 0. The van der Waals surface area contributed by atoms with Crippen LogP contribution in [0.15, 0.2) is 18.2 Å². The number of carbonyl (C=O) groups excluding carboxylic acids is 2. The summed E-state index contributed by atoms with van der Waals surface area (Å²) in [6, 6.07) is 5.24. The van der Waals surface area contributed by atoms with Crippen LogP contribution >= 0.6 is 0 Å². The van der Waals surface area contributed by atoms with Crippen LogP contribution in [0.2, 0.25) is 0 Å². The third-order valence-corrected chi connectivity index (χ3v) is 3.18. The molecule has 2 rings (SSSR count). The van der Waals surface area contributed by atoms with Gasteiger partial charge in [-0.2, -0.15) is 0 Å². The lowest BCUT2D eigenvalue weighted by molar-refractivity contribution is -0.129. The lowest BCUT2D eigenvalue weighted by Gasteiger charge is -2.31. The van der Waals surface area contributed by atoms with E-state index < -0.39 is 5.60 Å². The van der Waals surface area contributed by atoms with E-state index in [1.54, 1.807) is 32.0 Å². The second-order valence-corrected chi connectivity index (χ2v) is 5.43. The number of carbonyl (C=O) groups is 2. The number of nitrogens with one attached hydrogen (secondary N) is 2. The molecule has 5 nitrogen and oxygen atoms in total. The predicted octanol–water partition coefficient (Wildman–Crippen LogP) is 2.92. The van der Waals surface area contributed by atoms with E-state index in [0.717, 1.165) is 12.8 Å². The molecule has 0 atom stereocenters. The fourth-order valence-electron chi connectivity index (χ4n) is 1.95. The molecule has 1 aliphatic heterocycles. The van der Waals surface area contributed by atoms with Gasteiger partial charge in [0, 0.05) is 12.1 Å². The predicted molar refractivity (Wildman–Crippen MR) is 77.9 cm³/mol. The first-order chi connectivity index (χ1) is 9.42. The van der Waals surface area contributed by atoms with E-state index in [1.165, 1.54) is 0 Å².